The topological polar surface area (TPSA) is 12.0 Å². The first-order valence-corrected chi connectivity index (χ1v) is 7.28. The minimum Gasteiger partial charge on any atom is -0.310 e. The molecule has 0 aliphatic carbocycles. The van der Waals surface area contributed by atoms with Crippen LogP contribution in [0.5, 0.6) is 0 Å². The molecule has 18 heavy (non-hydrogen) atoms. The molecule has 0 amide bonds. The lowest BCUT2D eigenvalue weighted by atomic mass is 10.0. The first-order chi connectivity index (χ1) is 8.70. The van der Waals surface area contributed by atoms with Crippen molar-refractivity contribution < 1.29 is 4.39 Å². The van der Waals surface area contributed by atoms with E-state index in [2.05, 4.69) is 34.7 Å². The summed E-state index contributed by atoms with van der Waals surface area (Å²) >= 11 is 3.35. The average molecular weight is 314 g/mol. The van der Waals surface area contributed by atoms with Crippen molar-refractivity contribution in [3.05, 3.63) is 46.7 Å². The van der Waals surface area contributed by atoms with E-state index in [1.807, 2.05) is 12.1 Å². The summed E-state index contributed by atoms with van der Waals surface area (Å²) in [5.41, 5.74) is 1.01. The summed E-state index contributed by atoms with van der Waals surface area (Å²) in [5.74, 6) is -0.195. The Kier molecular flexibility index (Phi) is 7.21. The Morgan fingerprint density at radius 2 is 2.28 bits per heavy atom. The predicted molar refractivity (Wildman–Crippen MR) is 79.2 cm³/mol. The second-order valence-electron chi connectivity index (χ2n) is 4.37. The third-order valence-electron chi connectivity index (χ3n) is 2.90. The van der Waals surface area contributed by atoms with Crippen molar-refractivity contribution in [3.8, 4) is 0 Å². The van der Waals surface area contributed by atoms with Gasteiger partial charge in [0.1, 0.15) is 5.82 Å². The Morgan fingerprint density at radius 3 is 2.94 bits per heavy atom. The number of halogens is 2. The highest BCUT2D eigenvalue weighted by molar-refractivity contribution is 9.10. The molecule has 100 valence electrons. The van der Waals surface area contributed by atoms with Gasteiger partial charge in [-0.2, -0.15) is 0 Å². The number of nitrogens with one attached hydrogen (secondary N) is 1. The molecule has 0 bridgehead atoms. The number of benzene rings is 1. The molecule has 0 spiro atoms. The third-order valence-corrected chi connectivity index (χ3v) is 3.74. The summed E-state index contributed by atoms with van der Waals surface area (Å²) in [4.78, 5) is 0. The number of hydrogen-bond acceptors (Lipinski definition) is 1. The van der Waals surface area contributed by atoms with Gasteiger partial charge in [0.05, 0.1) is 4.47 Å². The Morgan fingerprint density at radius 1 is 1.50 bits per heavy atom. The van der Waals surface area contributed by atoms with Gasteiger partial charge in [-0.15, -0.1) is 6.58 Å². The van der Waals surface area contributed by atoms with E-state index in [-0.39, 0.29) is 11.9 Å². The molecular formula is C15H21BrFN. The molecule has 3 heteroatoms. The van der Waals surface area contributed by atoms with Crippen LogP contribution in [0.4, 0.5) is 4.39 Å². The molecule has 1 aromatic carbocycles. The first kappa shape index (κ1) is 15.4. The van der Waals surface area contributed by atoms with Crippen LogP contribution in [0.25, 0.3) is 0 Å². The largest absolute Gasteiger partial charge is 0.310 e. The van der Waals surface area contributed by atoms with Gasteiger partial charge in [-0.3, -0.25) is 0 Å². The molecule has 1 N–H and O–H groups in total. The highest BCUT2D eigenvalue weighted by atomic mass is 79.9. The van der Waals surface area contributed by atoms with Gasteiger partial charge in [-0.25, -0.2) is 4.39 Å². The highest BCUT2D eigenvalue weighted by Crippen LogP contribution is 2.29. The van der Waals surface area contributed by atoms with Crippen LogP contribution < -0.4 is 5.32 Å². The molecule has 1 atom stereocenters. The molecule has 0 aromatic heterocycles. The zero-order valence-electron chi connectivity index (χ0n) is 10.9. The van der Waals surface area contributed by atoms with Gasteiger partial charge in [0, 0.05) is 6.04 Å². The molecule has 0 saturated carbocycles. The fourth-order valence-corrected chi connectivity index (χ4v) is 2.48. The lowest BCUT2D eigenvalue weighted by Gasteiger charge is -2.20. The van der Waals surface area contributed by atoms with Crippen molar-refractivity contribution in [1.29, 1.82) is 0 Å². The molecule has 0 radical (unpaired) electrons. The molecule has 0 aliphatic heterocycles. The van der Waals surface area contributed by atoms with Gasteiger partial charge < -0.3 is 5.32 Å². The van der Waals surface area contributed by atoms with Crippen LogP contribution in [0, 0.1) is 5.82 Å². The van der Waals surface area contributed by atoms with Crippen molar-refractivity contribution in [2.24, 2.45) is 0 Å². The maximum Gasteiger partial charge on any atom is 0.137 e. The quantitative estimate of drug-likeness (QED) is 0.527. The van der Waals surface area contributed by atoms with Gasteiger partial charge in [0.15, 0.2) is 0 Å². The number of unbranched alkanes of at least 4 members (excludes halogenated alkanes) is 1. The highest BCUT2D eigenvalue weighted by Gasteiger charge is 2.15. The lowest BCUT2D eigenvalue weighted by molar-refractivity contribution is 0.481. The van der Waals surface area contributed by atoms with Crippen LogP contribution in [0.3, 0.4) is 0 Å². The summed E-state index contributed by atoms with van der Waals surface area (Å²) in [5, 5.41) is 3.48. The van der Waals surface area contributed by atoms with Gasteiger partial charge in [0.2, 0.25) is 0 Å². The molecule has 1 unspecified atom stereocenters. The summed E-state index contributed by atoms with van der Waals surface area (Å²) in [6.07, 6.45) is 6.06. The summed E-state index contributed by atoms with van der Waals surface area (Å²) in [6, 6.07) is 5.43. The molecule has 1 nitrogen and oxygen atoms in total. The molecule has 1 aromatic rings. The second kappa shape index (κ2) is 8.44. The van der Waals surface area contributed by atoms with E-state index in [4.69, 9.17) is 0 Å². The van der Waals surface area contributed by atoms with Crippen LogP contribution in [-0.4, -0.2) is 6.54 Å². The second-order valence-corrected chi connectivity index (χ2v) is 5.16. The van der Waals surface area contributed by atoms with Gasteiger partial charge in [0.25, 0.3) is 0 Å². The van der Waals surface area contributed by atoms with Crippen molar-refractivity contribution in [2.45, 2.75) is 38.6 Å². The smallest absolute Gasteiger partial charge is 0.137 e. The SMILES string of the molecule is C=CCCCC(NCCC)c1cccc(F)c1Br. The zero-order valence-corrected chi connectivity index (χ0v) is 12.5. The van der Waals surface area contributed by atoms with Gasteiger partial charge in [-0.05, 0) is 59.8 Å². The maximum atomic E-state index is 13.6. The van der Waals surface area contributed by atoms with Crippen molar-refractivity contribution in [1.82, 2.24) is 5.32 Å². The van der Waals surface area contributed by atoms with Gasteiger partial charge >= 0.3 is 0 Å². The van der Waals surface area contributed by atoms with Crippen LogP contribution >= 0.6 is 15.9 Å². The minimum atomic E-state index is -0.195. The third kappa shape index (κ3) is 4.54. The molecule has 0 heterocycles. The summed E-state index contributed by atoms with van der Waals surface area (Å²) in [6.45, 7) is 6.81. The molecule has 0 aliphatic rings. The van der Waals surface area contributed by atoms with E-state index in [0.29, 0.717) is 4.47 Å². The summed E-state index contributed by atoms with van der Waals surface area (Å²) < 4.78 is 14.1. The van der Waals surface area contributed by atoms with E-state index in [9.17, 15) is 4.39 Å². The molecule has 1 rings (SSSR count). The standard InChI is InChI=1S/C15H21BrFN/c1-3-5-6-10-14(18-11-4-2)12-8-7-9-13(17)15(12)16/h3,7-9,14,18H,1,4-6,10-11H2,2H3. The van der Waals surface area contributed by atoms with E-state index in [1.54, 1.807) is 6.07 Å². The fourth-order valence-electron chi connectivity index (χ4n) is 1.94. The Hall–Kier alpha value is -0.670. The Balaban J connectivity index is 2.79. The zero-order chi connectivity index (χ0) is 13.4. The number of allylic oxidation sites excluding steroid dienone is 1. The van der Waals surface area contributed by atoms with Crippen molar-refractivity contribution in [2.75, 3.05) is 6.54 Å². The van der Waals surface area contributed by atoms with Crippen molar-refractivity contribution >= 4 is 15.9 Å². The Labute approximate surface area is 118 Å². The van der Waals surface area contributed by atoms with Crippen molar-refractivity contribution in [3.63, 3.8) is 0 Å². The van der Waals surface area contributed by atoms with Crippen LogP contribution in [0.2, 0.25) is 0 Å². The number of hydrogen-bond donors (Lipinski definition) is 1. The summed E-state index contributed by atoms with van der Waals surface area (Å²) in [7, 11) is 0. The van der Waals surface area contributed by atoms with E-state index < -0.39 is 0 Å². The number of rotatable bonds is 8. The van der Waals surface area contributed by atoms with Crippen LogP contribution in [0.1, 0.15) is 44.2 Å². The normalized spacial score (nSPS) is 12.4. The Bertz CT molecular complexity index is 379. The van der Waals surface area contributed by atoms with E-state index in [0.717, 1.165) is 37.8 Å². The van der Waals surface area contributed by atoms with Gasteiger partial charge in [-0.1, -0.05) is 25.1 Å². The fraction of sp³-hybridized carbons (Fsp3) is 0.467. The van der Waals surface area contributed by atoms with Crippen LogP contribution in [-0.2, 0) is 0 Å². The van der Waals surface area contributed by atoms with E-state index >= 15 is 0 Å². The average Bonchev–Trinajstić information content (AvgIpc) is 2.37. The molecule has 0 fully saturated rings. The van der Waals surface area contributed by atoms with Crippen LogP contribution in [0.15, 0.2) is 35.3 Å². The van der Waals surface area contributed by atoms with E-state index in [1.165, 1.54) is 6.07 Å². The minimum absolute atomic E-state index is 0.195. The first-order valence-electron chi connectivity index (χ1n) is 6.48. The predicted octanol–water partition coefficient (Wildman–Crippen LogP) is 4.99. The molecule has 0 saturated heterocycles. The monoisotopic (exact) mass is 313 g/mol. The molecular weight excluding hydrogens is 293 g/mol. The lowest BCUT2D eigenvalue weighted by Crippen LogP contribution is -2.22. The maximum absolute atomic E-state index is 13.6.